The number of hydrogen-bond donors (Lipinski definition) is 0. The standard InChI is InChI=1S/C18H26O4/c1-13(2)17(19)15-7-9-16(10-8-15)18(20)22-12-6-5-11-21-14(3)4/h7-10,13-14H,5-6,11-12H2,1-4H3. The Labute approximate surface area is 132 Å². The molecule has 0 bridgehead atoms. The van der Waals surface area contributed by atoms with Crippen molar-refractivity contribution >= 4 is 11.8 Å². The summed E-state index contributed by atoms with van der Waals surface area (Å²) >= 11 is 0. The normalized spacial score (nSPS) is 11.0. The molecule has 0 heterocycles. The number of ether oxygens (including phenoxy) is 2. The van der Waals surface area contributed by atoms with E-state index in [-0.39, 0.29) is 23.8 Å². The summed E-state index contributed by atoms with van der Waals surface area (Å²) in [6.07, 6.45) is 1.88. The highest BCUT2D eigenvalue weighted by atomic mass is 16.5. The Kier molecular flexibility index (Phi) is 7.82. The fraction of sp³-hybridized carbons (Fsp3) is 0.556. The van der Waals surface area contributed by atoms with Gasteiger partial charge in [0.15, 0.2) is 5.78 Å². The Morgan fingerprint density at radius 2 is 1.45 bits per heavy atom. The van der Waals surface area contributed by atoms with E-state index in [0.717, 1.165) is 12.8 Å². The second kappa shape index (κ2) is 9.36. The maximum absolute atomic E-state index is 11.9. The van der Waals surface area contributed by atoms with E-state index in [1.165, 1.54) is 0 Å². The van der Waals surface area contributed by atoms with Crippen LogP contribution in [0.5, 0.6) is 0 Å². The highest BCUT2D eigenvalue weighted by Gasteiger charge is 2.12. The molecule has 22 heavy (non-hydrogen) atoms. The molecule has 0 aliphatic carbocycles. The zero-order valence-corrected chi connectivity index (χ0v) is 13.9. The van der Waals surface area contributed by atoms with Gasteiger partial charge in [-0.25, -0.2) is 4.79 Å². The molecule has 0 saturated carbocycles. The van der Waals surface area contributed by atoms with Crippen LogP contribution in [-0.4, -0.2) is 31.1 Å². The van der Waals surface area contributed by atoms with Crippen LogP contribution >= 0.6 is 0 Å². The van der Waals surface area contributed by atoms with Gasteiger partial charge in [-0.3, -0.25) is 4.79 Å². The van der Waals surface area contributed by atoms with Crippen molar-refractivity contribution in [3.8, 4) is 0 Å². The predicted molar refractivity (Wildman–Crippen MR) is 86.2 cm³/mol. The van der Waals surface area contributed by atoms with Gasteiger partial charge >= 0.3 is 5.97 Å². The minimum Gasteiger partial charge on any atom is -0.462 e. The summed E-state index contributed by atoms with van der Waals surface area (Å²) in [5, 5.41) is 0. The van der Waals surface area contributed by atoms with Crippen molar-refractivity contribution in [1.29, 1.82) is 0 Å². The van der Waals surface area contributed by atoms with E-state index in [0.29, 0.717) is 24.3 Å². The Hall–Kier alpha value is -1.68. The summed E-state index contributed by atoms with van der Waals surface area (Å²) in [5.74, 6) is -0.329. The molecule has 1 aromatic carbocycles. The van der Waals surface area contributed by atoms with E-state index in [1.54, 1.807) is 24.3 Å². The van der Waals surface area contributed by atoms with E-state index in [4.69, 9.17) is 9.47 Å². The van der Waals surface area contributed by atoms with Gasteiger partial charge in [-0.15, -0.1) is 0 Å². The van der Waals surface area contributed by atoms with Gasteiger partial charge in [0.05, 0.1) is 18.3 Å². The van der Waals surface area contributed by atoms with Crippen molar-refractivity contribution in [2.24, 2.45) is 5.92 Å². The van der Waals surface area contributed by atoms with Gasteiger partial charge < -0.3 is 9.47 Å². The molecule has 0 aliphatic heterocycles. The van der Waals surface area contributed by atoms with E-state index in [9.17, 15) is 9.59 Å². The molecule has 0 aromatic heterocycles. The number of unbranched alkanes of at least 4 members (excludes halogenated alkanes) is 1. The monoisotopic (exact) mass is 306 g/mol. The number of rotatable bonds is 9. The van der Waals surface area contributed by atoms with Crippen molar-refractivity contribution in [3.63, 3.8) is 0 Å². The lowest BCUT2D eigenvalue weighted by Crippen LogP contribution is -2.10. The molecule has 0 fully saturated rings. The number of benzene rings is 1. The van der Waals surface area contributed by atoms with Gasteiger partial charge in [0, 0.05) is 18.1 Å². The summed E-state index contributed by atoms with van der Waals surface area (Å²) in [4.78, 5) is 23.7. The van der Waals surface area contributed by atoms with Crippen LogP contribution in [0.3, 0.4) is 0 Å². The second-order valence-corrected chi connectivity index (χ2v) is 5.86. The topological polar surface area (TPSA) is 52.6 Å². The van der Waals surface area contributed by atoms with Gasteiger partial charge in [-0.1, -0.05) is 26.0 Å². The number of ketones is 1. The molecule has 1 rings (SSSR count). The fourth-order valence-electron chi connectivity index (χ4n) is 1.88. The van der Waals surface area contributed by atoms with Crippen LogP contribution in [0.1, 0.15) is 61.3 Å². The molecule has 0 saturated heterocycles. The summed E-state index contributed by atoms with van der Waals surface area (Å²) in [5.41, 5.74) is 1.09. The van der Waals surface area contributed by atoms with Crippen molar-refractivity contribution in [2.75, 3.05) is 13.2 Å². The van der Waals surface area contributed by atoms with E-state index in [2.05, 4.69) is 0 Å². The second-order valence-electron chi connectivity index (χ2n) is 5.86. The van der Waals surface area contributed by atoms with Gasteiger partial charge in [-0.2, -0.15) is 0 Å². The van der Waals surface area contributed by atoms with Crippen molar-refractivity contribution in [1.82, 2.24) is 0 Å². The Bertz CT molecular complexity index is 474. The molecule has 122 valence electrons. The van der Waals surface area contributed by atoms with Crippen LogP contribution in [0.4, 0.5) is 0 Å². The smallest absolute Gasteiger partial charge is 0.338 e. The number of esters is 1. The minimum atomic E-state index is -0.353. The molecule has 0 amide bonds. The highest BCUT2D eigenvalue weighted by molar-refractivity contribution is 5.98. The maximum atomic E-state index is 11.9. The molecule has 0 radical (unpaired) electrons. The molecule has 0 unspecified atom stereocenters. The van der Waals surface area contributed by atoms with Crippen LogP contribution in [0, 0.1) is 5.92 Å². The average Bonchev–Trinajstić information content (AvgIpc) is 2.49. The molecule has 0 aliphatic rings. The van der Waals surface area contributed by atoms with Crippen molar-refractivity contribution in [3.05, 3.63) is 35.4 Å². The zero-order valence-electron chi connectivity index (χ0n) is 13.9. The lowest BCUT2D eigenvalue weighted by atomic mass is 10.0. The van der Waals surface area contributed by atoms with Gasteiger partial charge in [0.1, 0.15) is 0 Å². The van der Waals surface area contributed by atoms with Crippen molar-refractivity contribution in [2.45, 2.75) is 46.6 Å². The third-order valence-corrected chi connectivity index (χ3v) is 3.15. The number of carbonyl (C=O) groups excluding carboxylic acids is 2. The first kappa shape index (κ1) is 18.4. The van der Waals surface area contributed by atoms with Crippen LogP contribution in [0.15, 0.2) is 24.3 Å². The Morgan fingerprint density at radius 3 is 2.00 bits per heavy atom. The quantitative estimate of drug-likeness (QED) is 0.394. The largest absolute Gasteiger partial charge is 0.462 e. The molecule has 0 N–H and O–H groups in total. The molecule has 0 atom stereocenters. The molecule has 4 heteroatoms. The van der Waals surface area contributed by atoms with Crippen LogP contribution < -0.4 is 0 Å². The first-order chi connectivity index (χ1) is 10.4. The first-order valence-electron chi connectivity index (χ1n) is 7.84. The molecular formula is C18H26O4. The lowest BCUT2D eigenvalue weighted by Gasteiger charge is -2.08. The zero-order chi connectivity index (χ0) is 16.5. The Balaban J connectivity index is 2.35. The van der Waals surface area contributed by atoms with E-state index in [1.807, 2.05) is 27.7 Å². The summed E-state index contributed by atoms with van der Waals surface area (Å²) in [7, 11) is 0. The predicted octanol–water partition coefficient (Wildman–Crippen LogP) is 3.89. The summed E-state index contributed by atoms with van der Waals surface area (Å²) < 4.78 is 10.6. The van der Waals surface area contributed by atoms with E-state index < -0.39 is 0 Å². The Morgan fingerprint density at radius 1 is 0.909 bits per heavy atom. The van der Waals surface area contributed by atoms with E-state index >= 15 is 0 Å². The van der Waals surface area contributed by atoms with Crippen LogP contribution in [-0.2, 0) is 9.47 Å². The molecule has 4 nitrogen and oxygen atoms in total. The fourth-order valence-corrected chi connectivity index (χ4v) is 1.88. The van der Waals surface area contributed by atoms with Crippen molar-refractivity contribution < 1.29 is 19.1 Å². The first-order valence-corrected chi connectivity index (χ1v) is 7.84. The molecule has 1 aromatic rings. The van der Waals surface area contributed by atoms with Gasteiger partial charge in [0.2, 0.25) is 0 Å². The minimum absolute atomic E-state index is 0.0501. The van der Waals surface area contributed by atoms with Gasteiger partial charge in [-0.05, 0) is 38.8 Å². The number of Topliss-reactive ketones (excluding diaryl/α,β-unsaturated/α-hetero) is 1. The maximum Gasteiger partial charge on any atom is 0.338 e. The highest BCUT2D eigenvalue weighted by Crippen LogP contribution is 2.11. The lowest BCUT2D eigenvalue weighted by molar-refractivity contribution is 0.0452. The molecular weight excluding hydrogens is 280 g/mol. The SMILES string of the molecule is CC(C)OCCCCOC(=O)c1ccc(C(=O)C(C)C)cc1. The van der Waals surface area contributed by atoms with Crippen LogP contribution in [0.2, 0.25) is 0 Å². The third kappa shape index (κ3) is 6.39. The van der Waals surface area contributed by atoms with Gasteiger partial charge in [0.25, 0.3) is 0 Å². The number of carbonyl (C=O) groups is 2. The summed E-state index contributed by atoms with van der Waals surface area (Å²) in [6, 6.07) is 6.63. The van der Waals surface area contributed by atoms with Crippen LogP contribution in [0.25, 0.3) is 0 Å². The number of hydrogen-bond acceptors (Lipinski definition) is 4. The third-order valence-electron chi connectivity index (χ3n) is 3.15. The summed E-state index contributed by atoms with van der Waals surface area (Å²) in [6.45, 7) is 8.76. The molecule has 0 spiro atoms. The average molecular weight is 306 g/mol.